The second kappa shape index (κ2) is 9.33. The number of para-hydroxylation sites is 2. The van der Waals surface area contributed by atoms with E-state index >= 15 is 0 Å². The van der Waals surface area contributed by atoms with Crippen molar-refractivity contribution in [3.05, 3.63) is 64.8 Å². The van der Waals surface area contributed by atoms with Crippen LogP contribution in [0.1, 0.15) is 35.8 Å². The zero-order chi connectivity index (χ0) is 19.1. The third-order valence-corrected chi connectivity index (χ3v) is 4.37. The Labute approximate surface area is 163 Å². The summed E-state index contributed by atoms with van der Waals surface area (Å²) in [4.78, 5) is 21.5. The Morgan fingerprint density at radius 3 is 2.48 bits per heavy atom. The van der Waals surface area contributed by atoms with Gasteiger partial charge >= 0.3 is 5.97 Å². The number of aromatic nitrogens is 2. The van der Waals surface area contributed by atoms with Crippen molar-refractivity contribution in [1.82, 2.24) is 9.97 Å². The molecule has 3 rings (SSSR count). The molecule has 3 aromatic rings. The zero-order valence-electron chi connectivity index (χ0n) is 15.2. The number of esters is 1. The van der Waals surface area contributed by atoms with Crippen molar-refractivity contribution in [2.75, 3.05) is 18.5 Å². The molecule has 27 heavy (non-hydrogen) atoms. The summed E-state index contributed by atoms with van der Waals surface area (Å²) in [6, 6.07) is 15.2. The van der Waals surface area contributed by atoms with Crippen molar-refractivity contribution in [2.45, 2.75) is 26.2 Å². The molecule has 0 bridgehead atoms. The zero-order valence-corrected chi connectivity index (χ0v) is 16.0. The van der Waals surface area contributed by atoms with Crippen LogP contribution in [0.5, 0.6) is 0 Å². The van der Waals surface area contributed by atoms with Crippen molar-refractivity contribution < 1.29 is 9.53 Å². The second-order valence-corrected chi connectivity index (χ2v) is 6.64. The normalized spacial score (nSPS) is 10.7. The number of unbranched alkanes of at least 4 members (excludes halogenated alkanes) is 1. The molecule has 0 fully saturated rings. The SMILES string of the molecule is CCCCOC(=O)c1nc2ccccc2nc1NCCc1ccc(Cl)cc1. The summed E-state index contributed by atoms with van der Waals surface area (Å²) in [5, 5.41) is 3.94. The quantitative estimate of drug-likeness (QED) is 0.443. The molecule has 1 heterocycles. The highest BCUT2D eigenvalue weighted by Crippen LogP contribution is 2.18. The van der Waals surface area contributed by atoms with Crippen LogP contribution in [-0.2, 0) is 11.2 Å². The molecular formula is C21H22ClN3O2. The molecule has 0 unspecified atom stereocenters. The lowest BCUT2D eigenvalue weighted by atomic mass is 10.1. The summed E-state index contributed by atoms with van der Waals surface area (Å²) in [6.45, 7) is 3.05. The Balaban J connectivity index is 1.77. The number of carbonyl (C=O) groups excluding carboxylic acids is 1. The first-order valence-electron chi connectivity index (χ1n) is 9.09. The minimum atomic E-state index is -0.448. The molecule has 0 amide bonds. The van der Waals surface area contributed by atoms with E-state index in [2.05, 4.69) is 15.3 Å². The molecule has 1 aromatic heterocycles. The van der Waals surface area contributed by atoms with E-state index in [0.29, 0.717) is 29.5 Å². The Hall–Kier alpha value is -2.66. The first kappa shape index (κ1) is 19.1. The summed E-state index contributed by atoms with van der Waals surface area (Å²) in [5.74, 6) is -0.000131. The van der Waals surface area contributed by atoms with Gasteiger partial charge in [-0.1, -0.05) is 49.2 Å². The van der Waals surface area contributed by atoms with Gasteiger partial charge < -0.3 is 10.1 Å². The van der Waals surface area contributed by atoms with E-state index in [4.69, 9.17) is 16.3 Å². The highest BCUT2D eigenvalue weighted by Gasteiger charge is 2.17. The number of nitrogens with one attached hydrogen (secondary N) is 1. The van der Waals surface area contributed by atoms with Crippen LogP contribution in [0.3, 0.4) is 0 Å². The van der Waals surface area contributed by atoms with Gasteiger partial charge in [0.25, 0.3) is 0 Å². The van der Waals surface area contributed by atoms with Gasteiger partial charge in [-0.15, -0.1) is 0 Å². The van der Waals surface area contributed by atoms with Crippen molar-refractivity contribution >= 4 is 34.4 Å². The van der Waals surface area contributed by atoms with Gasteiger partial charge in [0.15, 0.2) is 11.5 Å². The number of rotatable bonds is 8. The predicted molar refractivity (Wildman–Crippen MR) is 108 cm³/mol. The smallest absolute Gasteiger partial charge is 0.360 e. The number of nitrogens with zero attached hydrogens (tertiary/aromatic N) is 2. The topological polar surface area (TPSA) is 64.1 Å². The maximum Gasteiger partial charge on any atom is 0.360 e. The number of hydrogen-bond acceptors (Lipinski definition) is 5. The van der Waals surface area contributed by atoms with Gasteiger partial charge in [-0.3, -0.25) is 0 Å². The molecule has 0 aliphatic carbocycles. The lowest BCUT2D eigenvalue weighted by molar-refractivity contribution is 0.0494. The summed E-state index contributed by atoms with van der Waals surface area (Å²) in [6.07, 6.45) is 2.56. The van der Waals surface area contributed by atoms with Gasteiger partial charge in [0.05, 0.1) is 17.6 Å². The molecule has 0 aliphatic rings. The number of hydrogen-bond donors (Lipinski definition) is 1. The van der Waals surface area contributed by atoms with Crippen LogP contribution in [0.4, 0.5) is 5.82 Å². The molecule has 0 saturated heterocycles. The van der Waals surface area contributed by atoms with Crippen LogP contribution in [-0.4, -0.2) is 29.1 Å². The largest absolute Gasteiger partial charge is 0.461 e. The Kier molecular flexibility index (Phi) is 6.60. The third kappa shape index (κ3) is 5.17. The number of anilines is 1. The Bertz CT molecular complexity index is 913. The van der Waals surface area contributed by atoms with Gasteiger partial charge in [0.1, 0.15) is 0 Å². The van der Waals surface area contributed by atoms with Gasteiger partial charge in [-0.25, -0.2) is 14.8 Å². The maximum atomic E-state index is 12.5. The molecule has 0 atom stereocenters. The first-order valence-corrected chi connectivity index (χ1v) is 9.47. The first-order chi connectivity index (χ1) is 13.2. The molecule has 0 saturated carbocycles. The monoisotopic (exact) mass is 383 g/mol. The van der Waals surface area contributed by atoms with Crippen molar-refractivity contribution in [2.24, 2.45) is 0 Å². The number of benzene rings is 2. The van der Waals surface area contributed by atoms with E-state index < -0.39 is 5.97 Å². The summed E-state index contributed by atoms with van der Waals surface area (Å²) in [5.41, 5.74) is 2.77. The minimum Gasteiger partial charge on any atom is -0.461 e. The van der Waals surface area contributed by atoms with Crippen LogP contribution in [0.2, 0.25) is 5.02 Å². The van der Waals surface area contributed by atoms with E-state index in [0.717, 1.165) is 30.3 Å². The number of halogens is 1. The van der Waals surface area contributed by atoms with Crippen LogP contribution in [0.15, 0.2) is 48.5 Å². The van der Waals surface area contributed by atoms with E-state index in [1.165, 1.54) is 0 Å². The Morgan fingerprint density at radius 1 is 1.07 bits per heavy atom. The van der Waals surface area contributed by atoms with E-state index in [-0.39, 0.29) is 5.69 Å². The Morgan fingerprint density at radius 2 is 1.78 bits per heavy atom. The molecular weight excluding hydrogens is 362 g/mol. The van der Waals surface area contributed by atoms with Crippen LogP contribution < -0.4 is 5.32 Å². The minimum absolute atomic E-state index is 0.223. The fourth-order valence-electron chi connectivity index (χ4n) is 2.62. The molecule has 0 aliphatic heterocycles. The maximum absolute atomic E-state index is 12.5. The van der Waals surface area contributed by atoms with E-state index in [1.54, 1.807) is 0 Å². The lowest BCUT2D eigenvalue weighted by Gasteiger charge is -2.11. The summed E-state index contributed by atoms with van der Waals surface area (Å²) >= 11 is 5.92. The standard InChI is InChI=1S/C21H22ClN3O2/c1-2-3-14-27-21(26)19-20(25-18-7-5-4-6-17(18)24-19)23-13-12-15-8-10-16(22)11-9-15/h4-11H,2-3,12-14H2,1H3,(H,23,25). The van der Waals surface area contributed by atoms with Crippen LogP contribution in [0.25, 0.3) is 11.0 Å². The molecule has 140 valence electrons. The third-order valence-electron chi connectivity index (χ3n) is 4.11. The van der Waals surface area contributed by atoms with Gasteiger partial charge in [0, 0.05) is 11.6 Å². The van der Waals surface area contributed by atoms with Crippen LogP contribution in [0, 0.1) is 0 Å². The van der Waals surface area contributed by atoms with Gasteiger partial charge in [0.2, 0.25) is 0 Å². The second-order valence-electron chi connectivity index (χ2n) is 6.20. The number of fused-ring (bicyclic) bond motifs is 1. The molecule has 5 nitrogen and oxygen atoms in total. The van der Waals surface area contributed by atoms with E-state index in [9.17, 15) is 4.79 Å². The highest BCUT2D eigenvalue weighted by atomic mass is 35.5. The fourth-order valence-corrected chi connectivity index (χ4v) is 2.75. The van der Waals surface area contributed by atoms with Crippen molar-refractivity contribution in [3.8, 4) is 0 Å². The summed E-state index contributed by atoms with van der Waals surface area (Å²) in [7, 11) is 0. The van der Waals surface area contributed by atoms with E-state index in [1.807, 2.05) is 55.5 Å². The number of ether oxygens (including phenoxy) is 1. The fraction of sp³-hybridized carbons (Fsp3) is 0.286. The number of carbonyl (C=O) groups is 1. The lowest BCUT2D eigenvalue weighted by Crippen LogP contribution is -2.16. The highest BCUT2D eigenvalue weighted by molar-refractivity contribution is 6.30. The van der Waals surface area contributed by atoms with Crippen LogP contribution >= 0.6 is 11.6 Å². The molecule has 0 radical (unpaired) electrons. The molecule has 6 heteroatoms. The van der Waals surface area contributed by atoms with Crippen molar-refractivity contribution in [1.29, 1.82) is 0 Å². The van der Waals surface area contributed by atoms with Crippen molar-refractivity contribution in [3.63, 3.8) is 0 Å². The molecule has 1 N–H and O–H groups in total. The average Bonchev–Trinajstić information content (AvgIpc) is 2.69. The summed E-state index contributed by atoms with van der Waals surface area (Å²) < 4.78 is 5.34. The van der Waals surface area contributed by atoms with Gasteiger partial charge in [-0.2, -0.15) is 0 Å². The average molecular weight is 384 g/mol. The predicted octanol–water partition coefficient (Wildman–Crippen LogP) is 4.89. The molecule has 0 spiro atoms. The molecule has 2 aromatic carbocycles. The van der Waals surface area contributed by atoms with Gasteiger partial charge in [-0.05, 0) is 42.7 Å².